The fourth-order valence-electron chi connectivity index (χ4n) is 3.66. The summed E-state index contributed by atoms with van der Waals surface area (Å²) in [6, 6.07) is 15.5. The van der Waals surface area contributed by atoms with Crippen LogP contribution in [0.3, 0.4) is 0 Å². The van der Waals surface area contributed by atoms with E-state index in [-0.39, 0.29) is 20.5 Å². The molecular formula is C26H31Cl2N4O4S+. The quantitative estimate of drug-likeness (QED) is 0.283. The number of amides is 2. The summed E-state index contributed by atoms with van der Waals surface area (Å²) in [5.74, 6) is 0.437. The molecule has 2 amide bonds. The molecule has 0 heterocycles. The second kappa shape index (κ2) is 11.6. The molecule has 8 nitrogen and oxygen atoms in total. The number of halogens is 2. The number of anilines is 2. The topological polar surface area (TPSA) is 124 Å². The molecule has 0 saturated carbocycles. The number of carbonyl (C=O) groups excluding carboxylic acids is 1. The number of carbonyl (C=O) groups is 1. The summed E-state index contributed by atoms with van der Waals surface area (Å²) < 4.78 is 33.3. The van der Waals surface area contributed by atoms with Gasteiger partial charge in [-0.05, 0) is 74.4 Å². The summed E-state index contributed by atoms with van der Waals surface area (Å²) in [5, 5.41) is 6.01. The average molecular weight is 567 g/mol. The molecule has 0 aromatic heterocycles. The van der Waals surface area contributed by atoms with Crippen molar-refractivity contribution in [1.82, 2.24) is 5.32 Å². The van der Waals surface area contributed by atoms with Crippen LogP contribution >= 0.6 is 23.2 Å². The normalized spacial score (nSPS) is 12.5. The van der Waals surface area contributed by atoms with Crippen LogP contribution in [0.2, 0.25) is 10.0 Å². The van der Waals surface area contributed by atoms with E-state index in [1.54, 1.807) is 31.2 Å². The van der Waals surface area contributed by atoms with Gasteiger partial charge in [0.15, 0.2) is 0 Å². The molecule has 0 aliphatic carbocycles. The molecule has 0 spiro atoms. The number of urea groups is 1. The van der Waals surface area contributed by atoms with Gasteiger partial charge >= 0.3 is 6.03 Å². The first kappa shape index (κ1) is 28.6. The molecule has 11 heteroatoms. The first-order valence-electron chi connectivity index (χ1n) is 11.5. The van der Waals surface area contributed by atoms with E-state index in [4.69, 9.17) is 27.9 Å². The molecule has 37 heavy (non-hydrogen) atoms. The van der Waals surface area contributed by atoms with E-state index in [1.165, 1.54) is 31.4 Å². The van der Waals surface area contributed by atoms with Gasteiger partial charge in [0.2, 0.25) is 0 Å². The van der Waals surface area contributed by atoms with Crippen LogP contribution in [0.1, 0.15) is 37.9 Å². The van der Waals surface area contributed by atoms with Gasteiger partial charge in [-0.25, -0.2) is 13.2 Å². The predicted octanol–water partition coefficient (Wildman–Crippen LogP) is 5.25. The summed E-state index contributed by atoms with van der Waals surface area (Å²) in [6.45, 7) is 5.84. The largest absolute Gasteiger partial charge is 0.495 e. The van der Waals surface area contributed by atoms with Crippen molar-refractivity contribution >= 4 is 50.6 Å². The molecule has 3 rings (SSSR count). The second-order valence-electron chi connectivity index (χ2n) is 9.47. The van der Waals surface area contributed by atoms with Gasteiger partial charge in [-0.1, -0.05) is 41.4 Å². The molecule has 0 bridgehead atoms. The van der Waals surface area contributed by atoms with E-state index in [0.717, 1.165) is 12.0 Å². The number of nitrogens with one attached hydrogen (secondary N) is 3. The summed E-state index contributed by atoms with van der Waals surface area (Å²) in [5.41, 5.74) is 6.56. The third-order valence-electron chi connectivity index (χ3n) is 5.42. The van der Waals surface area contributed by atoms with Crippen molar-refractivity contribution in [1.29, 1.82) is 0 Å². The minimum absolute atomic E-state index is 0.0643. The highest BCUT2D eigenvalue weighted by atomic mass is 35.5. The molecule has 0 unspecified atom stereocenters. The average Bonchev–Trinajstić information content (AvgIpc) is 2.81. The molecule has 3 aromatic rings. The second-order valence-corrected chi connectivity index (χ2v) is 11.9. The van der Waals surface area contributed by atoms with Gasteiger partial charge in [0.1, 0.15) is 10.8 Å². The number of ether oxygens (including phenoxy) is 1. The van der Waals surface area contributed by atoms with Crippen molar-refractivity contribution in [2.45, 2.75) is 43.7 Å². The Kier molecular flexibility index (Phi) is 8.96. The van der Waals surface area contributed by atoms with Crippen molar-refractivity contribution < 1.29 is 23.7 Å². The van der Waals surface area contributed by atoms with Crippen LogP contribution in [0.5, 0.6) is 5.75 Å². The van der Waals surface area contributed by atoms with Crippen LogP contribution in [-0.4, -0.2) is 27.1 Å². The molecule has 0 radical (unpaired) electrons. The van der Waals surface area contributed by atoms with Gasteiger partial charge in [0, 0.05) is 17.8 Å². The van der Waals surface area contributed by atoms with Gasteiger partial charge in [-0.2, -0.15) is 0 Å². The lowest BCUT2D eigenvalue weighted by Gasteiger charge is -2.18. The van der Waals surface area contributed by atoms with Crippen molar-refractivity contribution in [3.8, 4) is 5.75 Å². The van der Waals surface area contributed by atoms with Crippen molar-refractivity contribution in [2.24, 2.45) is 0 Å². The molecule has 6 N–H and O–H groups in total. The Morgan fingerprint density at radius 3 is 2.14 bits per heavy atom. The number of hydrogen-bond acceptors (Lipinski definition) is 4. The molecule has 0 fully saturated rings. The number of methoxy groups -OCH3 is 1. The predicted molar refractivity (Wildman–Crippen MR) is 148 cm³/mol. The molecular weight excluding hydrogens is 535 g/mol. The lowest BCUT2D eigenvalue weighted by molar-refractivity contribution is -0.465. The van der Waals surface area contributed by atoms with Gasteiger partial charge in [0.05, 0.1) is 28.6 Å². The summed E-state index contributed by atoms with van der Waals surface area (Å²) >= 11 is 12.5. The first-order chi connectivity index (χ1) is 17.3. The highest BCUT2D eigenvalue weighted by Crippen LogP contribution is 2.37. The van der Waals surface area contributed by atoms with Crippen molar-refractivity contribution in [2.75, 3.05) is 17.1 Å². The van der Waals surface area contributed by atoms with Crippen LogP contribution in [0.15, 0.2) is 65.6 Å². The van der Waals surface area contributed by atoms with Crippen LogP contribution in [-0.2, 0) is 16.4 Å². The molecule has 198 valence electrons. The van der Waals surface area contributed by atoms with Crippen LogP contribution in [0.25, 0.3) is 0 Å². The zero-order chi connectivity index (χ0) is 27.4. The maximum absolute atomic E-state index is 12.8. The lowest BCUT2D eigenvalue weighted by atomic mass is 9.96. The fraction of sp³-hybridized carbons (Fsp3) is 0.269. The van der Waals surface area contributed by atoms with E-state index in [1.807, 2.05) is 26.0 Å². The molecule has 0 aliphatic heterocycles. The maximum atomic E-state index is 12.8. The maximum Gasteiger partial charge on any atom is 0.319 e. The van der Waals surface area contributed by atoms with Gasteiger partial charge < -0.3 is 21.1 Å². The summed E-state index contributed by atoms with van der Waals surface area (Å²) in [7, 11) is -2.32. The number of quaternary nitrogens is 1. The molecule has 0 saturated heterocycles. The molecule has 0 aliphatic rings. The Morgan fingerprint density at radius 1 is 0.973 bits per heavy atom. The van der Waals surface area contributed by atoms with E-state index in [0.29, 0.717) is 22.7 Å². The zero-order valence-electron chi connectivity index (χ0n) is 21.1. The Labute approximate surface area is 227 Å². The smallest absolute Gasteiger partial charge is 0.319 e. The molecule has 1 atom stereocenters. The van der Waals surface area contributed by atoms with E-state index in [2.05, 4.69) is 21.1 Å². The summed E-state index contributed by atoms with van der Waals surface area (Å²) in [4.78, 5) is 12.6. The highest BCUT2D eigenvalue weighted by Gasteiger charge is 2.19. The number of rotatable bonds is 9. The molecule has 3 aromatic carbocycles. The Morgan fingerprint density at radius 2 is 1.57 bits per heavy atom. The van der Waals surface area contributed by atoms with Crippen LogP contribution < -0.4 is 25.8 Å². The Bertz CT molecular complexity index is 1360. The highest BCUT2D eigenvalue weighted by molar-refractivity contribution is 7.92. The lowest BCUT2D eigenvalue weighted by Crippen LogP contribution is -2.70. The monoisotopic (exact) mass is 565 g/mol. The van der Waals surface area contributed by atoms with E-state index >= 15 is 0 Å². The van der Waals surface area contributed by atoms with Gasteiger partial charge in [0.25, 0.3) is 10.0 Å². The van der Waals surface area contributed by atoms with Crippen molar-refractivity contribution in [3.63, 3.8) is 0 Å². The Balaban J connectivity index is 1.61. The van der Waals surface area contributed by atoms with Crippen molar-refractivity contribution in [3.05, 3.63) is 81.8 Å². The van der Waals surface area contributed by atoms with E-state index < -0.39 is 22.1 Å². The minimum Gasteiger partial charge on any atom is -0.495 e. The first-order valence-corrected chi connectivity index (χ1v) is 13.7. The fourth-order valence-corrected chi connectivity index (χ4v) is 5.28. The van der Waals surface area contributed by atoms with Gasteiger partial charge in [-0.3, -0.25) is 4.72 Å². The Hall–Kier alpha value is -2.98. The van der Waals surface area contributed by atoms with Gasteiger partial charge in [-0.15, -0.1) is 0 Å². The zero-order valence-corrected chi connectivity index (χ0v) is 23.4. The van der Waals surface area contributed by atoms with E-state index in [9.17, 15) is 13.2 Å². The standard InChI is InChI=1S/C26H30Cl2N4O4S/c1-16(21-13-14-22(36-4)24(28)23(21)27)30-25(33)31-18-9-11-20(12-10-18)37(34,35)32-19-7-5-17(6-8-19)15-26(2,3)29/h5-14,16,32H,15,29H2,1-4H3,(H2,30,31,33)/p+1/t16-/m0/s1. The SMILES string of the molecule is COc1ccc([C@H](C)NC(=O)Nc2ccc(S(=O)(=O)Nc3ccc(CC(C)(C)[NH3+])cc3)cc2)c(Cl)c1Cl. The number of hydrogen-bond donors (Lipinski definition) is 4. The van der Waals surface area contributed by atoms with Crippen LogP contribution in [0, 0.1) is 0 Å². The third kappa shape index (κ3) is 7.75. The van der Waals surface area contributed by atoms with Crippen LogP contribution in [0.4, 0.5) is 16.2 Å². The number of sulfonamides is 1. The minimum atomic E-state index is -3.80. The third-order valence-corrected chi connectivity index (χ3v) is 7.70. The summed E-state index contributed by atoms with van der Waals surface area (Å²) in [6.07, 6.45) is 0.779. The number of benzene rings is 3.